The lowest BCUT2D eigenvalue weighted by Gasteiger charge is -2.39. The van der Waals surface area contributed by atoms with Crippen molar-refractivity contribution in [2.24, 2.45) is 5.92 Å². The molecule has 0 amide bonds. The van der Waals surface area contributed by atoms with E-state index in [1.54, 1.807) is 0 Å². The molecule has 2 rings (SSSR count). The molecule has 18 heavy (non-hydrogen) atoms. The highest BCUT2D eigenvalue weighted by Crippen LogP contribution is 2.14. The van der Waals surface area contributed by atoms with Crippen molar-refractivity contribution in [3.05, 3.63) is 35.9 Å². The van der Waals surface area contributed by atoms with Crippen LogP contribution in [0, 0.1) is 5.92 Å². The van der Waals surface area contributed by atoms with E-state index in [4.69, 9.17) is 0 Å². The molecule has 1 heterocycles. The summed E-state index contributed by atoms with van der Waals surface area (Å²) in [6.07, 6.45) is 1.16. The maximum Gasteiger partial charge on any atom is 0.0218 e. The molecule has 2 nitrogen and oxygen atoms in total. The molecule has 2 unspecified atom stereocenters. The number of hydrogen-bond acceptors (Lipinski definition) is 2. The third kappa shape index (κ3) is 3.56. The number of piperazine rings is 1. The summed E-state index contributed by atoms with van der Waals surface area (Å²) in [5, 5.41) is 3.63. The van der Waals surface area contributed by atoms with Gasteiger partial charge in [0, 0.05) is 31.7 Å². The lowest BCUT2D eigenvalue weighted by molar-refractivity contribution is 0.134. The first kappa shape index (κ1) is 13.6. The average molecular weight is 246 g/mol. The van der Waals surface area contributed by atoms with Crippen molar-refractivity contribution < 1.29 is 0 Å². The number of hydrogen-bond donors (Lipinski definition) is 1. The summed E-state index contributed by atoms with van der Waals surface area (Å²) in [7, 11) is 0. The lowest BCUT2D eigenvalue weighted by atomic mass is 9.99. The minimum atomic E-state index is 0.635. The second-order valence-corrected chi connectivity index (χ2v) is 5.84. The lowest BCUT2D eigenvalue weighted by Crippen LogP contribution is -2.55. The normalized spacial score (nSPS) is 23.2. The monoisotopic (exact) mass is 246 g/mol. The van der Waals surface area contributed by atoms with Gasteiger partial charge < -0.3 is 5.32 Å². The maximum atomic E-state index is 3.63. The molecule has 0 radical (unpaired) electrons. The summed E-state index contributed by atoms with van der Waals surface area (Å²) >= 11 is 0. The molecule has 1 N–H and O–H groups in total. The number of rotatable bonds is 4. The zero-order valence-electron chi connectivity index (χ0n) is 11.9. The number of benzene rings is 1. The van der Waals surface area contributed by atoms with Crippen LogP contribution >= 0.6 is 0 Å². The van der Waals surface area contributed by atoms with Gasteiger partial charge in [-0.05, 0) is 24.8 Å². The molecule has 0 saturated carbocycles. The van der Waals surface area contributed by atoms with E-state index in [2.05, 4.69) is 61.3 Å². The van der Waals surface area contributed by atoms with Crippen molar-refractivity contribution in [1.82, 2.24) is 10.2 Å². The van der Waals surface area contributed by atoms with E-state index in [0.717, 1.165) is 18.9 Å². The Balaban J connectivity index is 1.90. The molecule has 1 aromatic rings. The largest absolute Gasteiger partial charge is 0.311 e. The van der Waals surface area contributed by atoms with Gasteiger partial charge in [-0.25, -0.2) is 0 Å². The van der Waals surface area contributed by atoms with E-state index in [9.17, 15) is 0 Å². The fraction of sp³-hybridized carbons (Fsp3) is 0.625. The van der Waals surface area contributed by atoms with Crippen LogP contribution in [-0.2, 0) is 6.42 Å². The van der Waals surface area contributed by atoms with Gasteiger partial charge >= 0.3 is 0 Å². The quantitative estimate of drug-likeness (QED) is 0.878. The second-order valence-electron chi connectivity index (χ2n) is 5.84. The van der Waals surface area contributed by atoms with E-state index in [0.29, 0.717) is 12.1 Å². The molecular formula is C16H26N2. The predicted molar refractivity (Wildman–Crippen MR) is 77.8 cm³/mol. The molecule has 0 bridgehead atoms. The average Bonchev–Trinajstić information content (AvgIpc) is 2.40. The number of nitrogens with one attached hydrogen (secondary N) is 1. The summed E-state index contributed by atoms with van der Waals surface area (Å²) in [6, 6.07) is 12.1. The molecule has 0 aliphatic carbocycles. The zero-order valence-corrected chi connectivity index (χ0v) is 11.9. The maximum absolute atomic E-state index is 3.63. The first-order chi connectivity index (χ1) is 8.66. The molecule has 2 atom stereocenters. The summed E-state index contributed by atoms with van der Waals surface area (Å²) < 4.78 is 0. The Labute approximate surface area is 111 Å². The molecule has 1 aliphatic heterocycles. The third-order valence-electron chi connectivity index (χ3n) is 4.04. The minimum absolute atomic E-state index is 0.635. The van der Waals surface area contributed by atoms with Gasteiger partial charge in [0.05, 0.1) is 0 Å². The topological polar surface area (TPSA) is 15.3 Å². The van der Waals surface area contributed by atoms with Crippen LogP contribution < -0.4 is 5.32 Å². The van der Waals surface area contributed by atoms with Gasteiger partial charge in [-0.1, -0.05) is 44.2 Å². The SMILES string of the molecule is CC(C)C1CN(C(C)Cc2ccccc2)CCN1. The molecular weight excluding hydrogens is 220 g/mol. The third-order valence-corrected chi connectivity index (χ3v) is 4.04. The van der Waals surface area contributed by atoms with Crippen LogP contribution in [0.15, 0.2) is 30.3 Å². The smallest absolute Gasteiger partial charge is 0.0218 e. The zero-order chi connectivity index (χ0) is 13.0. The van der Waals surface area contributed by atoms with E-state index in [1.807, 2.05) is 0 Å². The Bertz CT molecular complexity index is 347. The Kier molecular flexibility index (Phi) is 4.79. The molecule has 1 saturated heterocycles. The van der Waals surface area contributed by atoms with E-state index in [-0.39, 0.29) is 0 Å². The highest BCUT2D eigenvalue weighted by molar-refractivity contribution is 5.15. The Morgan fingerprint density at radius 1 is 1.22 bits per heavy atom. The van der Waals surface area contributed by atoms with Crippen molar-refractivity contribution >= 4 is 0 Å². The van der Waals surface area contributed by atoms with E-state index < -0.39 is 0 Å². The van der Waals surface area contributed by atoms with Gasteiger partial charge in [0.2, 0.25) is 0 Å². The fourth-order valence-corrected chi connectivity index (χ4v) is 2.73. The van der Waals surface area contributed by atoms with Crippen LogP contribution in [0.25, 0.3) is 0 Å². The van der Waals surface area contributed by atoms with Crippen LogP contribution in [0.2, 0.25) is 0 Å². The minimum Gasteiger partial charge on any atom is -0.311 e. The van der Waals surface area contributed by atoms with Gasteiger partial charge in [0.25, 0.3) is 0 Å². The highest BCUT2D eigenvalue weighted by Gasteiger charge is 2.24. The second kappa shape index (κ2) is 6.35. The molecule has 1 aliphatic rings. The number of nitrogens with zero attached hydrogens (tertiary/aromatic N) is 1. The van der Waals surface area contributed by atoms with Gasteiger partial charge in [-0.3, -0.25) is 4.90 Å². The van der Waals surface area contributed by atoms with E-state index >= 15 is 0 Å². The fourth-order valence-electron chi connectivity index (χ4n) is 2.73. The van der Waals surface area contributed by atoms with Crippen molar-refractivity contribution in [2.45, 2.75) is 39.3 Å². The highest BCUT2D eigenvalue weighted by atomic mass is 15.2. The predicted octanol–water partition coefficient (Wildman–Crippen LogP) is 2.55. The van der Waals surface area contributed by atoms with Crippen molar-refractivity contribution in [3.63, 3.8) is 0 Å². The summed E-state index contributed by atoms with van der Waals surface area (Å²) in [6.45, 7) is 10.5. The molecule has 0 aromatic heterocycles. The van der Waals surface area contributed by atoms with Crippen molar-refractivity contribution in [1.29, 1.82) is 0 Å². The van der Waals surface area contributed by atoms with Crippen molar-refractivity contribution in [2.75, 3.05) is 19.6 Å². The van der Waals surface area contributed by atoms with Crippen LogP contribution in [0.1, 0.15) is 26.3 Å². The Hall–Kier alpha value is -0.860. The summed E-state index contributed by atoms with van der Waals surface area (Å²) in [5.74, 6) is 0.719. The molecule has 0 spiro atoms. The van der Waals surface area contributed by atoms with E-state index in [1.165, 1.54) is 18.7 Å². The molecule has 1 aromatic carbocycles. The van der Waals surface area contributed by atoms with Gasteiger partial charge in [-0.15, -0.1) is 0 Å². The standard InChI is InChI=1S/C16H26N2/c1-13(2)16-12-18(10-9-17-16)14(3)11-15-7-5-4-6-8-15/h4-8,13-14,16-17H,9-12H2,1-3H3. The van der Waals surface area contributed by atoms with Crippen molar-refractivity contribution in [3.8, 4) is 0 Å². The summed E-state index contributed by atoms with van der Waals surface area (Å²) in [5.41, 5.74) is 1.45. The first-order valence-electron chi connectivity index (χ1n) is 7.18. The van der Waals surface area contributed by atoms with Crippen LogP contribution in [0.3, 0.4) is 0 Å². The molecule has 100 valence electrons. The van der Waals surface area contributed by atoms with Crippen LogP contribution in [-0.4, -0.2) is 36.6 Å². The molecule has 2 heteroatoms. The summed E-state index contributed by atoms with van der Waals surface area (Å²) in [4.78, 5) is 2.63. The van der Waals surface area contributed by atoms with Gasteiger partial charge in [-0.2, -0.15) is 0 Å². The van der Waals surface area contributed by atoms with Gasteiger partial charge in [0.1, 0.15) is 0 Å². The van der Waals surface area contributed by atoms with Gasteiger partial charge in [0.15, 0.2) is 0 Å². The van der Waals surface area contributed by atoms with Crippen LogP contribution in [0.5, 0.6) is 0 Å². The Morgan fingerprint density at radius 2 is 1.94 bits per heavy atom. The van der Waals surface area contributed by atoms with Crippen LogP contribution in [0.4, 0.5) is 0 Å². The first-order valence-corrected chi connectivity index (χ1v) is 7.18. The Morgan fingerprint density at radius 3 is 2.61 bits per heavy atom. The molecule has 1 fully saturated rings.